The third kappa shape index (κ3) is 4.74. The SMILES string of the molecule is Cc1cc(C)c(C)c(S(=O)(=O)N2CCN(C(=O)COCc3ccccc3)CC2)c1C. The first kappa shape index (κ1) is 22.5. The van der Waals surface area contributed by atoms with Crippen molar-refractivity contribution in [1.29, 1.82) is 0 Å². The Morgan fingerprint density at radius 1 is 0.933 bits per heavy atom. The molecule has 2 aromatic rings. The molecule has 0 N–H and O–H groups in total. The lowest BCUT2D eigenvalue weighted by atomic mass is 10.0. The average molecular weight is 431 g/mol. The van der Waals surface area contributed by atoms with E-state index in [-0.39, 0.29) is 12.5 Å². The van der Waals surface area contributed by atoms with Gasteiger partial charge in [0.2, 0.25) is 15.9 Å². The monoisotopic (exact) mass is 430 g/mol. The fourth-order valence-electron chi connectivity index (χ4n) is 3.80. The van der Waals surface area contributed by atoms with Crippen LogP contribution in [0.1, 0.15) is 27.8 Å². The topological polar surface area (TPSA) is 66.9 Å². The Morgan fingerprint density at radius 3 is 2.07 bits per heavy atom. The molecule has 0 aromatic heterocycles. The van der Waals surface area contributed by atoms with Gasteiger partial charge in [-0.1, -0.05) is 36.4 Å². The zero-order valence-electron chi connectivity index (χ0n) is 18.1. The van der Waals surface area contributed by atoms with Gasteiger partial charge in [0.15, 0.2) is 0 Å². The molecule has 1 aliphatic heterocycles. The first-order valence-electron chi connectivity index (χ1n) is 10.2. The lowest BCUT2D eigenvalue weighted by Gasteiger charge is -2.34. The first-order valence-corrected chi connectivity index (χ1v) is 11.6. The lowest BCUT2D eigenvalue weighted by Crippen LogP contribution is -2.51. The highest BCUT2D eigenvalue weighted by atomic mass is 32.2. The van der Waals surface area contributed by atoms with E-state index >= 15 is 0 Å². The summed E-state index contributed by atoms with van der Waals surface area (Å²) < 4.78 is 33.7. The van der Waals surface area contributed by atoms with E-state index in [1.807, 2.05) is 64.1 Å². The van der Waals surface area contributed by atoms with E-state index in [1.54, 1.807) is 4.90 Å². The highest BCUT2D eigenvalue weighted by molar-refractivity contribution is 7.89. The molecule has 7 heteroatoms. The molecule has 3 rings (SSSR count). The number of sulfonamides is 1. The van der Waals surface area contributed by atoms with Gasteiger partial charge in [-0.2, -0.15) is 4.31 Å². The van der Waals surface area contributed by atoms with Gasteiger partial charge in [-0.05, 0) is 55.5 Å². The van der Waals surface area contributed by atoms with Crippen LogP contribution >= 0.6 is 0 Å². The number of amides is 1. The zero-order chi connectivity index (χ0) is 21.9. The first-order chi connectivity index (χ1) is 14.2. The summed E-state index contributed by atoms with van der Waals surface area (Å²) in [6.07, 6.45) is 0. The van der Waals surface area contributed by atoms with Crippen molar-refractivity contribution in [2.45, 2.75) is 39.2 Å². The number of ether oxygens (including phenoxy) is 1. The van der Waals surface area contributed by atoms with Crippen LogP contribution in [0.3, 0.4) is 0 Å². The van der Waals surface area contributed by atoms with Gasteiger partial charge in [0, 0.05) is 26.2 Å². The average Bonchev–Trinajstić information content (AvgIpc) is 2.73. The molecule has 1 fully saturated rings. The number of carbonyl (C=O) groups is 1. The summed E-state index contributed by atoms with van der Waals surface area (Å²) in [5.41, 5.74) is 4.55. The Balaban J connectivity index is 1.60. The summed E-state index contributed by atoms with van der Waals surface area (Å²) in [6, 6.07) is 11.7. The molecular weight excluding hydrogens is 400 g/mol. The lowest BCUT2D eigenvalue weighted by molar-refractivity contribution is -0.137. The number of nitrogens with zero attached hydrogens (tertiary/aromatic N) is 2. The largest absolute Gasteiger partial charge is 0.367 e. The second-order valence-corrected chi connectivity index (χ2v) is 9.73. The molecule has 0 bridgehead atoms. The van der Waals surface area contributed by atoms with Crippen LogP contribution in [0.25, 0.3) is 0 Å². The number of carbonyl (C=O) groups excluding carboxylic acids is 1. The van der Waals surface area contributed by atoms with Crippen molar-refractivity contribution in [3.63, 3.8) is 0 Å². The molecule has 162 valence electrons. The Bertz CT molecular complexity index is 985. The fraction of sp³-hybridized carbons (Fsp3) is 0.435. The van der Waals surface area contributed by atoms with Crippen molar-refractivity contribution in [3.05, 3.63) is 64.2 Å². The summed E-state index contributed by atoms with van der Waals surface area (Å²) in [5, 5.41) is 0. The second-order valence-electron chi connectivity index (χ2n) is 7.85. The standard InChI is InChI=1S/C23H30N2O4S/c1-17-14-18(2)20(4)23(19(17)3)30(27,28)25-12-10-24(11-13-25)22(26)16-29-15-21-8-6-5-7-9-21/h5-9,14H,10-13,15-16H2,1-4H3. The van der Waals surface area contributed by atoms with Crippen molar-refractivity contribution < 1.29 is 17.9 Å². The number of piperazine rings is 1. The molecule has 1 saturated heterocycles. The van der Waals surface area contributed by atoms with Crippen LogP contribution in [-0.2, 0) is 26.2 Å². The summed E-state index contributed by atoms with van der Waals surface area (Å²) in [6.45, 7) is 9.29. The molecule has 0 saturated carbocycles. The Kier molecular flexibility index (Phi) is 6.95. The van der Waals surface area contributed by atoms with Gasteiger partial charge in [0.05, 0.1) is 11.5 Å². The Morgan fingerprint density at radius 2 is 1.50 bits per heavy atom. The van der Waals surface area contributed by atoms with Crippen LogP contribution in [-0.4, -0.2) is 56.3 Å². The maximum Gasteiger partial charge on any atom is 0.248 e. The number of aryl methyl sites for hydroxylation is 2. The van der Waals surface area contributed by atoms with E-state index in [2.05, 4.69) is 0 Å². The summed E-state index contributed by atoms with van der Waals surface area (Å²) in [4.78, 5) is 14.5. The van der Waals surface area contributed by atoms with Gasteiger partial charge >= 0.3 is 0 Å². The molecular formula is C23H30N2O4S. The maximum absolute atomic E-state index is 13.3. The van der Waals surface area contributed by atoms with E-state index in [0.717, 1.165) is 27.8 Å². The van der Waals surface area contributed by atoms with E-state index in [1.165, 1.54) is 4.31 Å². The highest BCUT2D eigenvalue weighted by Crippen LogP contribution is 2.29. The molecule has 2 aromatic carbocycles. The predicted octanol–water partition coefficient (Wildman–Crippen LogP) is 2.97. The van der Waals surface area contributed by atoms with Crippen LogP contribution in [0.15, 0.2) is 41.3 Å². The minimum atomic E-state index is -3.61. The van der Waals surface area contributed by atoms with Crippen LogP contribution in [0.2, 0.25) is 0 Å². The second kappa shape index (κ2) is 9.29. The van der Waals surface area contributed by atoms with Gasteiger partial charge in [-0.3, -0.25) is 4.79 Å². The maximum atomic E-state index is 13.3. The van der Waals surface area contributed by atoms with Crippen molar-refractivity contribution in [2.24, 2.45) is 0 Å². The molecule has 1 aliphatic rings. The number of hydrogen-bond donors (Lipinski definition) is 0. The summed E-state index contributed by atoms with van der Waals surface area (Å²) in [5.74, 6) is -0.109. The molecule has 0 spiro atoms. The third-order valence-corrected chi connectivity index (χ3v) is 8.00. The molecule has 0 unspecified atom stereocenters. The summed E-state index contributed by atoms with van der Waals surface area (Å²) >= 11 is 0. The van der Waals surface area contributed by atoms with Crippen LogP contribution < -0.4 is 0 Å². The molecule has 0 radical (unpaired) electrons. The van der Waals surface area contributed by atoms with Gasteiger partial charge in [-0.15, -0.1) is 0 Å². The third-order valence-electron chi connectivity index (χ3n) is 5.82. The van der Waals surface area contributed by atoms with Crippen molar-refractivity contribution >= 4 is 15.9 Å². The van der Waals surface area contributed by atoms with Crippen LogP contribution in [0, 0.1) is 27.7 Å². The van der Waals surface area contributed by atoms with Crippen LogP contribution in [0.4, 0.5) is 0 Å². The van der Waals surface area contributed by atoms with Crippen molar-refractivity contribution in [1.82, 2.24) is 9.21 Å². The fourth-order valence-corrected chi connectivity index (χ4v) is 5.79. The molecule has 1 heterocycles. The molecule has 30 heavy (non-hydrogen) atoms. The van der Waals surface area contributed by atoms with E-state index in [0.29, 0.717) is 37.7 Å². The smallest absolute Gasteiger partial charge is 0.248 e. The Labute approximate surface area is 179 Å². The van der Waals surface area contributed by atoms with Gasteiger partial charge in [0.1, 0.15) is 6.61 Å². The van der Waals surface area contributed by atoms with E-state index < -0.39 is 10.0 Å². The zero-order valence-corrected chi connectivity index (χ0v) is 19.0. The van der Waals surface area contributed by atoms with E-state index in [4.69, 9.17) is 4.74 Å². The van der Waals surface area contributed by atoms with E-state index in [9.17, 15) is 13.2 Å². The van der Waals surface area contributed by atoms with Crippen molar-refractivity contribution in [3.8, 4) is 0 Å². The van der Waals surface area contributed by atoms with Crippen LogP contribution in [0.5, 0.6) is 0 Å². The number of hydrogen-bond acceptors (Lipinski definition) is 4. The molecule has 0 aliphatic carbocycles. The molecule has 6 nitrogen and oxygen atoms in total. The number of benzene rings is 2. The summed E-state index contributed by atoms with van der Waals surface area (Å²) in [7, 11) is -3.61. The minimum absolute atomic E-state index is 0.00304. The van der Waals surface area contributed by atoms with Gasteiger partial charge in [-0.25, -0.2) is 8.42 Å². The minimum Gasteiger partial charge on any atom is -0.367 e. The predicted molar refractivity (Wildman–Crippen MR) is 117 cm³/mol. The normalized spacial score (nSPS) is 15.4. The number of rotatable bonds is 6. The Hall–Kier alpha value is -2.22. The molecule has 0 atom stereocenters. The highest BCUT2D eigenvalue weighted by Gasteiger charge is 2.32. The van der Waals surface area contributed by atoms with Gasteiger partial charge < -0.3 is 9.64 Å². The van der Waals surface area contributed by atoms with Gasteiger partial charge in [0.25, 0.3) is 0 Å². The quantitative estimate of drug-likeness (QED) is 0.707. The molecule has 1 amide bonds. The van der Waals surface area contributed by atoms with Crippen molar-refractivity contribution in [2.75, 3.05) is 32.8 Å².